The second-order valence-electron chi connectivity index (χ2n) is 15.5. The molecule has 28 heteroatoms. The summed E-state index contributed by atoms with van der Waals surface area (Å²) in [6.45, 7) is 59.5. The average molecular weight is 2730 g/mol. The van der Waals surface area contributed by atoms with Crippen LogP contribution >= 0.6 is 241 Å². The summed E-state index contributed by atoms with van der Waals surface area (Å²) in [6.07, 6.45) is 11.8. The van der Waals surface area contributed by atoms with Crippen molar-refractivity contribution in [3.63, 3.8) is 0 Å². The number of pyridine rings is 7. The van der Waals surface area contributed by atoms with E-state index in [0.29, 0.717) is 15.6 Å². The number of hydrogen-bond acceptors (Lipinski definition) is 11. The molecule has 0 aliphatic rings. The fraction of sp³-hybridized carbons (Fsp3) is 0.479. The van der Waals surface area contributed by atoms with E-state index in [-0.39, 0.29) is 43.2 Å². The van der Waals surface area contributed by atoms with Crippen molar-refractivity contribution in [3.05, 3.63) is 240 Å². The molecule has 1 N–H and O–H groups in total. The van der Waals surface area contributed by atoms with Crippen molar-refractivity contribution in [3.8, 4) is 0 Å². The molecule has 7 aromatic heterocycles. The van der Waals surface area contributed by atoms with Crippen molar-refractivity contribution >= 4 is 253 Å². The molecule has 0 saturated carbocycles. The largest absolute Gasteiger partial charge is 0 e. The minimum absolute atomic E-state index is 0. The zero-order valence-electron chi connectivity index (χ0n) is 66.2. The first-order valence-corrected chi connectivity index (χ1v) is 55.7. The van der Waals surface area contributed by atoms with Gasteiger partial charge in [-0.15, -0.1) is 0 Å². The van der Waals surface area contributed by atoms with Crippen LogP contribution < -0.4 is 14.2 Å². The van der Waals surface area contributed by atoms with E-state index in [1.54, 1.807) is 56.7 Å². The number of aliphatic hydroxyl groups is 1. The Kier molecular flexibility index (Phi) is 164. The van der Waals surface area contributed by atoms with Gasteiger partial charge < -0.3 is 50.7 Å². The maximum Gasteiger partial charge on any atom is 0 e. The van der Waals surface area contributed by atoms with Crippen molar-refractivity contribution in [2.24, 2.45) is 0 Å². The summed E-state index contributed by atoms with van der Waals surface area (Å²) in [5.74, 6) is 0. The quantitative estimate of drug-likeness (QED) is 0.0257. The predicted octanol–water partition coefficient (Wildman–Crippen LogP) is 28.2. The zero-order valence-corrected chi connectivity index (χ0v) is 92.7. The molecule has 101 heavy (non-hydrogen) atoms. The molecule has 0 bridgehead atoms. The van der Waals surface area contributed by atoms with Crippen molar-refractivity contribution < 1.29 is 52.5 Å². The summed E-state index contributed by atoms with van der Waals surface area (Å²) in [5, 5.41) is 50.7. The second kappa shape index (κ2) is 117. The number of rotatable bonds is 3. The molecule has 0 spiro atoms. The van der Waals surface area contributed by atoms with Crippen molar-refractivity contribution in [1.82, 2.24) is 19.9 Å². The van der Waals surface area contributed by atoms with Crippen LogP contribution in [-0.2, 0) is 30.1 Å². The Labute approximate surface area is 777 Å². The van der Waals surface area contributed by atoms with Crippen LogP contribution in [0.2, 0.25) is 0 Å². The monoisotopic (exact) mass is 2720 g/mol. The summed E-state index contributed by atoms with van der Waals surface area (Å²) < 4.78 is 7.86. The van der Waals surface area contributed by atoms with Crippen LogP contribution in [-0.4, -0.2) is 46.5 Å². The molecule has 589 valence electrons. The van der Waals surface area contributed by atoms with Gasteiger partial charge in [-0.2, -0.15) is 21.1 Å². The Balaban J connectivity index is -0.0000000551. The summed E-state index contributed by atoms with van der Waals surface area (Å²) in [7, 11) is 0. The number of aliphatic hydroxyl groups excluding tert-OH is 1. The van der Waals surface area contributed by atoms with Crippen LogP contribution in [0.15, 0.2) is 140 Å². The number of alkyl halides is 7. The first-order chi connectivity index (χ1) is 46.7. The van der Waals surface area contributed by atoms with Crippen LogP contribution in [0.1, 0.15) is 212 Å². The summed E-state index contributed by atoms with van der Waals surface area (Å²) in [4.78, 5) is 35.2. The SMILES string of the molecule is CC.CC.CC.CC.CC.CC.CC.CC.CC(I)(I)I.CC(I)I.CCI.CCI.C[CH-]I.Cc1cc([N+](=O)[O-])cc[n+]1[O-].Cc1cc[n+]([O-])c(C)c1.Cc1cccc[n+]1[O-].Cc1ccccn1.Cc1ccnc(C)c1.Cc1ccnc(C=O)c1.Cc1ccnc(CO)c1.[CH3-].[I][V]([I])[I].[V]. The standard InChI is InChI=1S/2C7H9NO.C7H7NO.C7H9N.C6H6N2O3.C6H7NO.C6H7N.C2H3I3.C2H4I2.2C2H5I.C2H4I.8C2H6.CH3.3HI.2V/c1-6-3-4-8(9)7(2)5-6;2*1-6-2-3-8-7(4-6)5-9;1-6-3-4-8-7(2)5-6;1-5-4-6(8(10)11)2-3-7(5)9;1-6-4-2-3-5-7(6)8;1-6-4-2-3-5-7-6;1-2(3,4)5;1-2(3)4;3*1-2-3;8*1-2;;;;;;/h3-5H,1-2H3;2-4,9H,5H2,1H3;2-5H,1H3;3-5H,1-2H3;2-4H,1H3;2-5H,1H3;2-5H,1H3;1H3;2H,1H3;2*2H2,1H3;2H,1H3;8*1-2H3;1H3;3*1H;;/q;;;;;;;;;;;-1;;;;;;;;;-1;;;;;+3/p-3. The maximum atomic E-state index is 10.7. The summed E-state index contributed by atoms with van der Waals surface area (Å²) in [5.41, 5.74) is 9.71. The van der Waals surface area contributed by atoms with Crippen LogP contribution in [0.5, 0.6) is 0 Å². The number of aromatic nitrogens is 7. The van der Waals surface area contributed by atoms with Crippen LogP contribution in [0.4, 0.5) is 5.69 Å². The number of nitro groups is 1. The van der Waals surface area contributed by atoms with Gasteiger partial charge in [-0.1, -0.05) is 295 Å². The number of carbonyl (C=O) groups excluding carboxylic acids is 1. The number of aldehydes is 1. The zero-order chi connectivity index (χ0) is 81.5. The fourth-order valence-electron chi connectivity index (χ4n) is 4.40. The summed E-state index contributed by atoms with van der Waals surface area (Å²) in [6, 6.07) is 28.6. The van der Waals surface area contributed by atoms with E-state index in [2.05, 4.69) is 301 Å². The predicted molar refractivity (Wildman–Crippen MR) is 534 cm³/mol. The van der Waals surface area contributed by atoms with Crippen molar-refractivity contribution in [2.75, 3.05) is 8.86 Å². The third-order valence-electron chi connectivity index (χ3n) is 7.63. The van der Waals surface area contributed by atoms with E-state index in [1.165, 1.54) is 45.9 Å². The van der Waals surface area contributed by atoms with E-state index in [4.69, 9.17) is 5.11 Å². The van der Waals surface area contributed by atoms with Gasteiger partial charge in [0.2, 0.25) is 0 Å². The number of carbonyl (C=O) groups is 1. The van der Waals surface area contributed by atoms with Crippen LogP contribution in [0.25, 0.3) is 0 Å². The molecule has 7 rings (SSSR count). The molecule has 7 aromatic rings. The molecule has 0 unspecified atom stereocenters. The van der Waals surface area contributed by atoms with E-state index in [1.807, 2.05) is 218 Å². The molecule has 7 heterocycles. The molecule has 0 aliphatic carbocycles. The fourth-order valence-corrected chi connectivity index (χ4v) is 4.40. The Hall–Kier alpha value is 1.68. The van der Waals surface area contributed by atoms with Crippen molar-refractivity contribution in [1.29, 1.82) is 0 Å². The van der Waals surface area contributed by atoms with Gasteiger partial charge in [0.25, 0.3) is 5.69 Å². The topological polar surface area (TPSA) is 213 Å². The Morgan fingerprint density at radius 3 is 1.08 bits per heavy atom. The average Bonchev–Trinajstić information content (AvgIpc) is 0.891. The third-order valence-corrected chi connectivity index (χ3v) is 7.63. The first-order valence-electron chi connectivity index (χ1n) is 32.1. The van der Waals surface area contributed by atoms with Gasteiger partial charge in [0.15, 0.2) is 42.0 Å². The number of hydrogen-bond donors (Lipinski definition) is 1. The molecule has 0 fully saturated rings. The van der Waals surface area contributed by atoms with E-state index < -0.39 is 4.92 Å². The number of halogens is 11. The van der Waals surface area contributed by atoms with E-state index in [0.717, 1.165) is 69.0 Å². The Bertz CT molecular complexity index is 2630. The molecule has 0 amide bonds. The molecule has 0 aliphatic heterocycles. The molecular weight excluding hydrogens is 2600 g/mol. The smallest absolute Gasteiger partial charge is 0 e. The minimum atomic E-state index is -0.535. The minimum Gasteiger partial charge on any atom is 0 e. The number of aryl methyl sites for hydroxylation is 9. The number of nitrogens with zero attached hydrogens (tertiary/aromatic N) is 8. The Morgan fingerprint density at radius 1 is 0.545 bits per heavy atom. The van der Waals surface area contributed by atoms with Gasteiger partial charge in [-0.25, -0.2) is 0 Å². The molecule has 0 atom stereocenters. The molecule has 0 aromatic carbocycles. The van der Waals surface area contributed by atoms with Gasteiger partial charge in [-0.05, 0) is 135 Å². The van der Waals surface area contributed by atoms with Crippen molar-refractivity contribution in [2.45, 2.75) is 216 Å². The maximum absolute atomic E-state index is 10.7. The van der Waals surface area contributed by atoms with Crippen LogP contribution in [0.3, 0.4) is 0 Å². The summed E-state index contributed by atoms with van der Waals surface area (Å²) >= 11 is 25.8. The Morgan fingerprint density at radius 2 is 0.861 bits per heavy atom. The molecular formula is C73H126I11N8O7V2-2. The second-order valence-corrected chi connectivity index (χ2v) is 73.9. The van der Waals surface area contributed by atoms with Gasteiger partial charge in [0.1, 0.15) is 5.13 Å². The first kappa shape index (κ1) is 141. The normalized spacial score (nSPS) is 7.92. The molecule has 1 radical (unpaired) electrons. The van der Waals surface area contributed by atoms with Crippen LogP contribution in [0, 0.1) is 99.9 Å². The van der Waals surface area contributed by atoms with E-state index in [9.17, 15) is 30.5 Å². The van der Waals surface area contributed by atoms with Gasteiger partial charge in [-0.3, -0.25) is 39.3 Å². The van der Waals surface area contributed by atoms with Gasteiger partial charge in [0.05, 0.1) is 31.3 Å². The molecule has 0 saturated heterocycles. The van der Waals surface area contributed by atoms with Gasteiger partial charge in [0, 0.05) is 99.8 Å². The molecule has 15 nitrogen and oxygen atoms in total. The van der Waals surface area contributed by atoms with E-state index >= 15 is 0 Å². The third kappa shape index (κ3) is 141. The van der Waals surface area contributed by atoms with Gasteiger partial charge >= 0.3 is 64.9 Å².